The van der Waals surface area contributed by atoms with Gasteiger partial charge >= 0.3 is 142 Å². The van der Waals surface area contributed by atoms with Crippen molar-refractivity contribution in [2.24, 2.45) is 5.73 Å². The van der Waals surface area contributed by atoms with E-state index in [1.54, 1.807) is 0 Å². The van der Waals surface area contributed by atoms with Gasteiger partial charge in [-0.15, -0.1) is 0 Å². The molecule has 2 heterocycles. The average molecular weight is 373 g/mol. The van der Waals surface area contributed by atoms with Crippen LogP contribution in [0.4, 0.5) is 11.6 Å². The topological polar surface area (TPSA) is 94.8 Å². The molecule has 7 heteroatoms. The van der Waals surface area contributed by atoms with Crippen molar-refractivity contribution in [3.05, 3.63) is 47.3 Å². The van der Waals surface area contributed by atoms with E-state index in [-0.39, 0.29) is 0 Å². The fourth-order valence-corrected chi connectivity index (χ4v) is 3.21. The molecule has 2 aromatic heterocycles. The molecule has 0 aliphatic rings. The molecule has 0 amide bonds. The number of hydrogen-bond acceptors (Lipinski definition) is 5. The summed E-state index contributed by atoms with van der Waals surface area (Å²) in [4.78, 5) is 8.69. The van der Waals surface area contributed by atoms with Crippen molar-refractivity contribution < 1.29 is 0 Å². The van der Waals surface area contributed by atoms with Gasteiger partial charge in [-0.3, -0.25) is 0 Å². The first kappa shape index (κ1) is 15.5. The molecule has 5 N–H and O–H groups in total. The number of fused-ring (bicyclic) bond motifs is 1. The quantitative estimate of drug-likeness (QED) is 0.594. The predicted molar refractivity (Wildman–Crippen MR) is 95.8 cm³/mol. The summed E-state index contributed by atoms with van der Waals surface area (Å²) in [5.74, 6) is 1.28. The molecule has 3 aromatic rings. The summed E-state index contributed by atoms with van der Waals surface area (Å²) in [6.07, 6.45) is 1.53. The van der Waals surface area contributed by atoms with Crippen LogP contribution in [0.25, 0.3) is 11.0 Å². The summed E-state index contributed by atoms with van der Waals surface area (Å²) in [7, 11) is 1.81. The van der Waals surface area contributed by atoms with Gasteiger partial charge in [0, 0.05) is 0 Å². The molecule has 0 fully saturated rings. The summed E-state index contributed by atoms with van der Waals surface area (Å²) >= 11 is 2.84. The van der Waals surface area contributed by atoms with Crippen LogP contribution < -0.4 is 16.8 Å². The molecule has 118 valence electrons. The number of nitrogens with zero attached hydrogens (tertiary/aromatic N) is 3. The molecule has 0 saturated carbocycles. The van der Waals surface area contributed by atoms with Gasteiger partial charge in [0.05, 0.1) is 0 Å². The Morgan fingerprint density at radius 2 is 2.13 bits per heavy atom. The molecule has 0 aliphatic heterocycles. The summed E-state index contributed by atoms with van der Waals surface area (Å²) in [6, 6.07) is 8.31. The maximum absolute atomic E-state index is 6.37. The predicted octanol–water partition coefficient (Wildman–Crippen LogP) is 1.02. The van der Waals surface area contributed by atoms with Gasteiger partial charge in [-0.1, -0.05) is 0 Å². The zero-order chi connectivity index (χ0) is 16.6. The van der Waals surface area contributed by atoms with Gasteiger partial charge in [0.25, 0.3) is 0 Å². The van der Waals surface area contributed by atoms with Crippen LogP contribution in [0.1, 0.15) is 16.7 Å². The molecule has 6 nitrogen and oxygen atoms in total. The van der Waals surface area contributed by atoms with E-state index in [4.69, 9.17) is 11.5 Å². The first-order valence-corrected chi connectivity index (χ1v) is 8.04. The Balaban J connectivity index is 2.25. The van der Waals surface area contributed by atoms with Crippen LogP contribution in [0.3, 0.4) is 0 Å². The second kappa shape index (κ2) is 6.02. The monoisotopic (exact) mass is 374 g/mol. The van der Waals surface area contributed by atoms with E-state index >= 15 is 0 Å². The minimum absolute atomic E-state index is 0.529. The minimum atomic E-state index is 0.529. The third-order valence-electron chi connectivity index (χ3n) is 3.79. The second-order valence-electron chi connectivity index (χ2n) is 5.37. The molecule has 0 saturated heterocycles. The normalized spacial score (nSPS) is 10.9. The van der Waals surface area contributed by atoms with Crippen molar-refractivity contribution in [1.29, 1.82) is 0 Å². The van der Waals surface area contributed by atoms with E-state index in [1.807, 2.05) is 17.7 Å². The van der Waals surface area contributed by atoms with Gasteiger partial charge in [-0.25, -0.2) is 0 Å². The number of rotatable bonds is 4. The number of aromatic nitrogens is 3. The number of aryl methyl sites for hydroxylation is 1. The molecule has 0 atom stereocenters. The number of nitrogens with one attached hydrogen (secondary N) is 1. The first-order valence-electron chi connectivity index (χ1n) is 7.18. The van der Waals surface area contributed by atoms with Gasteiger partial charge < -0.3 is 0 Å². The van der Waals surface area contributed by atoms with E-state index < -0.39 is 0 Å². The van der Waals surface area contributed by atoms with Gasteiger partial charge in [-0.2, -0.15) is 0 Å². The molecule has 3 rings (SSSR count). The Kier molecular flexibility index (Phi) is 4.07. The third kappa shape index (κ3) is 2.69. The Bertz CT molecular complexity index is 899. The molecule has 0 radical (unpaired) electrons. The summed E-state index contributed by atoms with van der Waals surface area (Å²) in [5.41, 5.74) is 16.3. The SMILES string of the molecule is CNc1ncnc2c1c(C(N)=[Se])c(N)n2Cc1cccc(C)c1. The van der Waals surface area contributed by atoms with Gasteiger partial charge in [0.15, 0.2) is 0 Å². The van der Waals surface area contributed by atoms with Gasteiger partial charge in [-0.05, 0) is 0 Å². The zero-order valence-electron chi connectivity index (χ0n) is 13.0. The molecular formula is C16H18N6Se. The standard InChI is InChI=1S/C16H18N6Se/c1-9-4-3-5-10(6-9)7-22-13(17)11(14(18)23)12-15(19-2)20-8-21-16(12)22/h3-6,8H,7,17H2,1-2H3,(H2,18,23)(H,19,20,21). The molecule has 0 aliphatic carbocycles. The number of hydrogen-bond donors (Lipinski definition) is 3. The number of anilines is 2. The van der Waals surface area contributed by atoms with E-state index in [0.717, 1.165) is 22.2 Å². The number of nitrogen functional groups attached to an aromatic ring is 1. The van der Waals surface area contributed by atoms with Crippen LogP contribution in [0, 0.1) is 6.92 Å². The van der Waals surface area contributed by atoms with Crippen molar-refractivity contribution in [2.45, 2.75) is 13.5 Å². The molecule has 1 aromatic carbocycles. The summed E-state index contributed by atoms with van der Waals surface area (Å²) in [5, 5.41) is 3.91. The van der Waals surface area contributed by atoms with Crippen molar-refractivity contribution in [3.63, 3.8) is 0 Å². The van der Waals surface area contributed by atoms with Crippen LogP contribution in [-0.4, -0.2) is 41.7 Å². The average Bonchev–Trinajstić information content (AvgIpc) is 2.80. The fourth-order valence-electron chi connectivity index (χ4n) is 2.78. The Labute approximate surface area is 142 Å². The number of benzene rings is 1. The van der Waals surface area contributed by atoms with Crippen molar-refractivity contribution >= 4 is 42.8 Å². The van der Waals surface area contributed by atoms with Gasteiger partial charge in [0.2, 0.25) is 0 Å². The van der Waals surface area contributed by atoms with Crippen molar-refractivity contribution in [2.75, 3.05) is 18.1 Å². The second-order valence-corrected chi connectivity index (χ2v) is 6.29. The Morgan fingerprint density at radius 1 is 1.35 bits per heavy atom. The van der Waals surface area contributed by atoms with E-state index in [1.165, 1.54) is 11.9 Å². The van der Waals surface area contributed by atoms with Crippen LogP contribution in [-0.2, 0) is 6.54 Å². The van der Waals surface area contributed by atoms with E-state index in [9.17, 15) is 0 Å². The van der Waals surface area contributed by atoms with Crippen LogP contribution in [0.2, 0.25) is 0 Å². The number of nitrogens with two attached hydrogens (primary N) is 2. The van der Waals surface area contributed by atoms with Crippen LogP contribution in [0.5, 0.6) is 0 Å². The molecule has 23 heavy (non-hydrogen) atoms. The summed E-state index contributed by atoms with van der Waals surface area (Å²) in [6.45, 7) is 2.69. The molecule has 0 unspecified atom stereocenters. The van der Waals surface area contributed by atoms with Crippen LogP contribution >= 0.6 is 0 Å². The Morgan fingerprint density at radius 3 is 2.78 bits per heavy atom. The molecule has 0 spiro atoms. The maximum atomic E-state index is 6.37. The Hall–Kier alpha value is -2.37. The zero-order valence-corrected chi connectivity index (χ0v) is 14.7. The third-order valence-corrected chi connectivity index (χ3v) is 4.21. The van der Waals surface area contributed by atoms with Gasteiger partial charge in [0.1, 0.15) is 0 Å². The van der Waals surface area contributed by atoms with Crippen molar-refractivity contribution in [3.8, 4) is 0 Å². The fraction of sp³-hybridized carbons (Fsp3) is 0.188. The molecular weight excluding hydrogens is 355 g/mol. The van der Waals surface area contributed by atoms with E-state index in [2.05, 4.69) is 56.0 Å². The molecule has 0 bridgehead atoms. The summed E-state index contributed by atoms with van der Waals surface area (Å²) < 4.78 is 2.49. The van der Waals surface area contributed by atoms with Crippen LogP contribution in [0.15, 0.2) is 30.6 Å². The van der Waals surface area contributed by atoms with E-state index in [0.29, 0.717) is 22.7 Å². The van der Waals surface area contributed by atoms with Crippen molar-refractivity contribution in [1.82, 2.24) is 14.5 Å². The first-order chi connectivity index (χ1) is 11.0.